The van der Waals surface area contributed by atoms with Gasteiger partial charge in [0.1, 0.15) is 5.75 Å². The van der Waals surface area contributed by atoms with Crippen LogP contribution in [0.1, 0.15) is 12.5 Å². The third-order valence-electron chi connectivity index (χ3n) is 4.24. The predicted octanol–water partition coefficient (Wildman–Crippen LogP) is 2.81. The number of nitro groups is 1. The normalized spacial score (nSPS) is 10.5. The van der Waals surface area contributed by atoms with E-state index in [-0.39, 0.29) is 30.6 Å². The molecule has 154 valence electrons. The monoisotopic (exact) mass is 400 g/mol. The van der Waals surface area contributed by atoms with Crippen LogP contribution >= 0.6 is 0 Å². The van der Waals surface area contributed by atoms with E-state index in [0.29, 0.717) is 29.2 Å². The molecule has 0 saturated heterocycles. The number of methoxy groups -OCH3 is 1. The lowest BCUT2D eigenvalue weighted by Crippen LogP contribution is -2.38. The van der Waals surface area contributed by atoms with Crippen molar-refractivity contribution in [3.63, 3.8) is 0 Å². The fourth-order valence-electron chi connectivity index (χ4n) is 2.63. The van der Waals surface area contributed by atoms with Crippen LogP contribution in [0.5, 0.6) is 5.75 Å². The number of nitrogens with zero attached hydrogens (tertiary/aromatic N) is 2. The van der Waals surface area contributed by atoms with Crippen LogP contribution in [0.4, 0.5) is 17.1 Å². The lowest BCUT2D eigenvalue weighted by molar-refractivity contribution is -0.384. The zero-order chi connectivity index (χ0) is 21.4. The molecule has 9 nitrogen and oxygen atoms in total. The van der Waals surface area contributed by atoms with Gasteiger partial charge in [-0.1, -0.05) is 19.1 Å². The van der Waals surface area contributed by atoms with Gasteiger partial charge in [-0.3, -0.25) is 24.6 Å². The van der Waals surface area contributed by atoms with Gasteiger partial charge in [-0.05, 0) is 31.2 Å². The highest BCUT2D eigenvalue weighted by molar-refractivity contribution is 5.95. The first kappa shape index (κ1) is 21.8. The first-order chi connectivity index (χ1) is 13.8. The molecule has 2 rings (SSSR count). The summed E-state index contributed by atoms with van der Waals surface area (Å²) >= 11 is 0. The number of hydrogen-bond donors (Lipinski definition) is 2. The van der Waals surface area contributed by atoms with Crippen LogP contribution in [-0.4, -0.2) is 48.4 Å². The second-order valence-electron chi connectivity index (χ2n) is 6.39. The number of benzene rings is 2. The molecule has 0 saturated carbocycles. The van der Waals surface area contributed by atoms with Crippen LogP contribution in [-0.2, 0) is 9.59 Å². The van der Waals surface area contributed by atoms with E-state index in [1.807, 2.05) is 6.92 Å². The average Bonchev–Trinajstić information content (AvgIpc) is 2.68. The number of nitrogens with one attached hydrogen (secondary N) is 2. The van der Waals surface area contributed by atoms with E-state index < -0.39 is 4.92 Å². The summed E-state index contributed by atoms with van der Waals surface area (Å²) in [5, 5.41) is 16.4. The number of carbonyl (C=O) groups excluding carboxylic acids is 2. The Balaban J connectivity index is 1.95. The molecule has 0 bridgehead atoms. The Labute approximate surface area is 168 Å². The smallest absolute Gasteiger partial charge is 0.271 e. The molecule has 2 aromatic rings. The fraction of sp³-hybridized carbons (Fsp3) is 0.300. The van der Waals surface area contributed by atoms with Crippen molar-refractivity contribution in [2.75, 3.05) is 37.4 Å². The van der Waals surface area contributed by atoms with Crippen LogP contribution in [0.15, 0.2) is 42.5 Å². The van der Waals surface area contributed by atoms with Crippen LogP contribution in [0.2, 0.25) is 0 Å². The highest BCUT2D eigenvalue weighted by Crippen LogP contribution is 2.22. The molecular weight excluding hydrogens is 376 g/mol. The molecular formula is C20H24N4O5. The summed E-state index contributed by atoms with van der Waals surface area (Å²) in [6.07, 6.45) is 0. The third-order valence-corrected chi connectivity index (χ3v) is 4.24. The average molecular weight is 400 g/mol. The van der Waals surface area contributed by atoms with Crippen molar-refractivity contribution < 1.29 is 19.2 Å². The second kappa shape index (κ2) is 10.2. The van der Waals surface area contributed by atoms with Gasteiger partial charge in [-0.2, -0.15) is 0 Å². The van der Waals surface area contributed by atoms with Crippen LogP contribution in [0.25, 0.3) is 0 Å². The molecule has 2 N–H and O–H groups in total. The summed E-state index contributed by atoms with van der Waals surface area (Å²) in [5.41, 5.74) is 1.59. The molecule has 0 heterocycles. The highest BCUT2D eigenvalue weighted by Gasteiger charge is 2.16. The van der Waals surface area contributed by atoms with E-state index in [9.17, 15) is 19.7 Å². The molecule has 0 aliphatic rings. The van der Waals surface area contributed by atoms with Gasteiger partial charge in [0.25, 0.3) is 5.69 Å². The lowest BCUT2D eigenvalue weighted by Gasteiger charge is -2.19. The summed E-state index contributed by atoms with van der Waals surface area (Å²) in [5.74, 6) is 0.00547. The summed E-state index contributed by atoms with van der Waals surface area (Å²) in [7, 11) is 1.54. The minimum absolute atomic E-state index is 0.0229. The molecule has 2 amide bonds. The Morgan fingerprint density at radius 3 is 2.41 bits per heavy atom. The van der Waals surface area contributed by atoms with Gasteiger partial charge >= 0.3 is 0 Å². The minimum atomic E-state index is -0.518. The van der Waals surface area contributed by atoms with Gasteiger partial charge in [-0.15, -0.1) is 0 Å². The molecule has 0 aliphatic carbocycles. The summed E-state index contributed by atoms with van der Waals surface area (Å²) in [6.45, 7) is 4.06. The number of hydrogen-bond acceptors (Lipinski definition) is 6. The number of non-ortho nitro benzene ring substituents is 1. The topological polar surface area (TPSA) is 114 Å². The van der Waals surface area contributed by atoms with Crippen molar-refractivity contribution in [1.29, 1.82) is 0 Å². The molecule has 0 aromatic heterocycles. The summed E-state index contributed by atoms with van der Waals surface area (Å²) in [4.78, 5) is 36.7. The van der Waals surface area contributed by atoms with Gasteiger partial charge in [-0.25, -0.2) is 0 Å². The highest BCUT2D eigenvalue weighted by atomic mass is 16.6. The van der Waals surface area contributed by atoms with Crippen molar-refractivity contribution in [1.82, 2.24) is 4.90 Å². The van der Waals surface area contributed by atoms with Gasteiger partial charge < -0.3 is 15.4 Å². The van der Waals surface area contributed by atoms with E-state index in [1.54, 1.807) is 49.3 Å². The van der Waals surface area contributed by atoms with E-state index in [1.165, 1.54) is 12.1 Å². The fourth-order valence-corrected chi connectivity index (χ4v) is 2.63. The Bertz CT molecular complexity index is 900. The quantitative estimate of drug-likeness (QED) is 0.494. The molecule has 0 fully saturated rings. The molecule has 0 atom stereocenters. The molecule has 9 heteroatoms. The minimum Gasteiger partial charge on any atom is -0.497 e. The number of likely N-dealkylation sites (N-methyl/N-ethyl adjacent to an activating group) is 1. The number of amides is 2. The summed E-state index contributed by atoms with van der Waals surface area (Å²) in [6, 6.07) is 11.3. The molecule has 29 heavy (non-hydrogen) atoms. The van der Waals surface area contributed by atoms with Crippen LogP contribution in [0.3, 0.4) is 0 Å². The zero-order valence-corrected chi connectivity index (χ0v) is 16.6. The van der Waals surface area contributed by atoms with Crippen LogP contribution in [0, 0.1) is 17.0 Å². The number of anilines is 2. The number of nitro benzene ring substituents is 1. The molecule has 0 radical (unpaired) electrons. The number of rotatable bonds is 9. The third kappa shape index (κ3) is 6.58. The van der Waals surface area contributed by atoms with Gasteiger partial charge in [0.2, 0.25) is 11.8 Å². The van der Waals surface area contributed by atoms with E-state index in [2.05, 4.69) is 10.6 Å². The maximum absolute atomic E-state index is 12.4. The maximum Gasteiger partial charge on any atom is 0.271 e. The Morgan fingerprint density at radius 2 is 1.79 bits per heavy atom. The van der Waals surface area contributed by atoms with Gasteiger partial charge in [0, 0.05) is 23.9 Å². The molecule has 0 unspecified atom stereocenters. The Hall–Kier alpha value is -3.46. The van der Waals surface area contributed by atoms with Crippen molar-refractivity contribution in [2.45, 2.75) is 13.8 Å². The van der Waals surface area contributed by atoms with E-state index in [0.717, 1.165) is 0 Å². The molecule has 0 spiro atoms. The first-order valence-corrected chi connectivity index (χ1v) is 9.03. The SMILES string of the molecule is CCN(CC(=O)Nc1cccc(OC)c1)CC(=O)Nc1cc([N+](=O)[O-])ccc1C. The van der Waals surface area contributed by atoms with Crippen molar-refractivity contribution >= 4 is 28.9 Å². The zero-order valence-electron chi connectivity index (χ0n) is 16.6. The number of ether oxygens (including phenoxy) is 1. The van der Waals surface area contributed by atoms with E-state index >= 15 is 0 Å². The lowest BCUT2D eigenvalue weighted by atomic mass is 10.2. The Morgan fingerprint density at radius 1 is 1.10 bits per heavy atom. The molecule has 0 aliphatic heterocycles. The summed E-state index contributed by atoms with van der Waals surface area (Å²) < 4.78 is 5.12. The Kier molecular flexibility index (Phi) is 7.67. The van der Waals surface area contributed by atoms with Gasteiger partial charge in [0.05, 0.1) is 30.8 Å². The molecule has 2 aromatic carbocycles. The second-order valence-corrected chi connectivity index (χ2v) is 6.39. The predicted molar refractivity (Wildman–Crippen MR) is 110 cm³/mol. The van der Waals surface area contributed by atoms with Crippen LogP contribution < -0.4 is 15.4 Å². The van der Waals surface area contributed by atoms with E-state index in [4.69, 9.17) is 4.74 Å². The largest absolute Gasteiger partial charge is 0.497 e. The van der Waals surface area contributed by atoms with Crippen molar-refractivity contribution in [3.05, 3.63) is 58.1 Å². The number of carbonyl (C=O) groups is 2. The standard InChI is InChI=1S/C20H24N4O5/c1-4-23(12-19(25)21-15-6-5-7-17(10-15)29-3)13-20(26)22-18-11-16(24(27)28)9-8-14(18)2/h5-11H,4,12-13H2,1-3H3,(H,21,25)(H,22,26). The number of aryl methyl sites for hydroxylation is 1. The maximum atomic E-state index is 12.4. The van der Waals surface area contributed by atoms with Crippen molar-refractivity contribution in [3.8, 4) is 5.75 Å². The van der Waals surface area contributed by atoms with Gasteiger partial charge in [0.15, 0.2) is 0 Å². The first-order valence-electron chi connectivity index (χ1n) is 9.03. The van der Waals surface area contributed by atoms with Crippen molar-refractivity contribution in [2.24, 2.45) is 0 Å².